The molecule has 0 fully saturated rings. The summed E-state index contributed by atoms with van der Waals surface area (Å²) in [6.45, 7) is 0. The summed E-state index contributed by atoms with van der Waals surface area (Å²) in [5.74, 6) is 0.918. The van der Waals surface area contributed by atoms with Crippen LogP contribution in [0.2, 0.25) is 0 Å². The molecule has 0 N–H and O–H groups in total. The molecular formula is C103H67N7. The van der Waals surface area contributed by atoms with Gasteiger partial charge in [-0.05, 0) is 197 Å². The van der Waals surface area contributed by atoms with Crippen molar-refractivity contribution in [1.82, 2.24) is 32.4 Å². The van der Waals surface area contributed by atoms with E-state index >= 15 is 0 Å². The van der Waals surface area contributed by atoms with Gasteiger partial charge in [-0.1, -0.05) is 243 Å². The summed E-state index contributed by atoms with van der Waals surface area (Å²) in [6.07, 6.45) is 0. The van der Waals surface area contributed by atoms with E-state index in [2.05, 4.69) is 434 Å². The molecular weight excluding hydrogens is 1340 g/mol. The quantitative estimate of drug-likeness (QED) is 0.135. The zero-order valence-corrected chi connectivity index (χ0v) is 59.8. The average Bonchev–Trinajstić information content (AvgIpc) is 1.56. The van der Waals surface area contributed by atoms with E-state index in [-0.39, 0.29) is 0 Å². The lowest BCUT2D eigenvalue weighted by molar-refractivity contribution is 1.10. The lowest BCUT2D eigenvalue weighted by Gasteiger charge is -2.12. The molecule has 0 radical (unpaired) electrons. The SMILES string of the molecule is c1ccc(-c2ccc3c(c2)c2cc(-n4c5ccccc5c5c(-c6cccc7c6c6ccccc6n7-c6ccc(-c7nc8ccccc8n7-c7ccccc7)cc6)cccc54)ccc2n3-c2ccccc2)cc1.c1ccc(-n2c3ccccc3c3c(-c4cccc5c4c4ccccc4n5-c4ccccc4)cccc32)cc1. The van der Waals surface area contributed by atoms with Gasteiger partial charge in [0.25, 0.3) is 0 Å². The molecule has 0 atom stereocenters. The van der Waals surface area contributed by atoms with E-state index in [0.29, 0.717) is 0 Å². The van der Waals surface area contributed by atoms with E-state index in [1.165, 1.54) is 143 Å². The zero-order chi connectivity index (χ0) is 72.3. The number of hydrogen-bond acceptors (Lipinski definition) is 1. The molecule has 0 saturated heterocycles. The van der Waals surface area contributed by atoms with Gasteiger partial charge in [-0.3, -0.25) is 4.57 Å². The largest absolute Gasteiger partial charge is 0.309 e. The molecule has 6 aromatic heterocycles. The Balaban J connectivity index is 0.000000164. The summed E-state index contributed by atoms with van der Waals surface area (Å²) in [5, 5.41) is 12.5. The Morgan fingerprint density at radius 3 is 0.855 bits per heavy atom. The van der Waals surface area contributed by atoms with Crippen LogP contribution in [0.25, 0.3) is 199 Å². The van der Waals surface area contributed by atoms with Gasteiger partial charge in [-0.25, -0.2) is 4.98 Å². The third-order valence-electron chi connectivity index (χ3n) is 22.5. The summed E-state index contributed by atoms with van der Waals surface area (Å²) in [4.78, 5) is 5.17. The first-order chi connectivity index (χ1) is 54.6. The lowest BCUT2D eigenvalue weighted by Crippen LogP contribution is -1.98. The van der Waals surface area contributed by atoms with E-state index in [1.807, 2.05) is 0 Å². The molecule has 7 nitrogen and oxygen atoms in total. The number of nitrogens with zero attached hydrogens (tertiary/aromatic N) is 7. The van der Waals surface area contributed by atoms with Gasteiger partial charge >= 0.3 is 0 Å². The molecule has 0 aliphatic carbocycles. The van der Waals surface area contributed by atoms with Gasteiger partial charge < -0.3 is 22.8 Å². The van der Waals surface area contributed by atoms with Crippen LogP contribution in [-0.2, 0) is 0 Å². The fraction of sp³-hybridized carbons (Fsp3) is 0. The highest BCUT2D eigenvalue weighted by atomic mass is 15.1. The molecule has 6 heterocycles. The van der Waals surface area contributed by atoms with Crippen molar-refractivity contribution >= 4 is 120 Å². The molecule has 110 heavy (non-hydrogen) atoms. The molecule has 514 valence electrons. The van der Waals surface area contributed by atoms with Crippen molar-refractivity contribution in [1.29, 1.82) is 0 Å². The summed E-state index contributed by atoms with van der Waals surface area (Å²) in [6, 6.07) is 147. The molecule has 23 rings (SSSR count). The van der Waals surface area contributed by atoms with Crippen LogP contribution in [0.15, 0.2) is 406 Å². The molecule has 0 saturated carbocycles. The minimum atomic E-state index is 0.918. The van der Waals surface area contributed by atoms with Crippen LogP contribution in [0.4, 0.5) is 0 Å². The van der Waals surface area contributed by atoms with Crippen LogP contribution >= 0.6 is 0 Å². The first kappa shape index (κ1) is 62.6. The fourth-order valence-electron chi connectivity index (χ4n) is 17.9. The molecule has 0 bridgehead atoms. The number of rotatable bonds is 10. The third kappa shape index (κ3) is 9.81. The van der Waals surface area contributed by atoms with Crippen LogP contribution < -0.4 is 0 Å². The second-order valence-electron chi connectivity index (χ2n) is 28.5. The van der Waals surface area contributed by atoms with E-state index in [9.17, 15) is 0 Å². The van der Waals surface area contributed by atoms with Gasteiger partial charge in [-0.15, -0.1) is 0 Å². The minimum absolute atomic E-state index is 0.918. The molecule has 0 amide bonds. The highest BCUT2D eigenvalue weighted by Gasteiger charge is 2.25. The Hall–Kier alpha value is -14.8. The Labute approximate surface area is 633 Å². The number of fused-ring (bicyclic) bond motifs is 16. The number of benzene rings is 17. The fourth-order valence-corrected chi connectivity index (χ4v) is 17.9. The van der Waals surface area contributed by atoms with Crippen molar-refractivity contribution < 1.29 is 0 Å². The van der Waals surface area contributed by atoms with Crippen molar-refractivity contribution in [2.75, 3.05) is 0 Å². The number of aromatic nitrogens is 7. The minimum Gasteiger partial charge on any atom is -0.309 e. The maximum atomic E-state index is 5.17. The predicted octanol–water partition coefficient (Wildman–Crippen LogP) is 26.9. The van der Waals surface area contributed by atoms with E-state index in [1.54, 1.807) is 0 Å². The smallest absolute Gasteiger partial charge is 0.145 e. The Morgan fingerprint density at radius 1 is 0.155 bits per heavy atom. The average molecular weight is 1400 g/mol. The van der Waals surface area contributed by atoms with Crippen molar-refractivity contribution in [3.63, 3.8) is 0 Å². The van der Waals surface area contributed by atoms with Gasteiger partial charge in [0.1, 0.15) is 5.82 Å². The van der Waals surface area contributed by atoms with Crippen LogP contribution in [0.1, 0.15) is 0 Å². The topological polar surface area (TPSA) is 42.5 Å². The van der Waals surface area contributed by atoms with Gasteiger partial charge in [0.2, 0.25) is 0 Å². The molecule has 17 aromatic carbocycles. The molecule has 0 spiro atoms. The van der Waals surface area contributed by atoms with Crippen LogP contribution in [0, 0.1) is 0 Å². The second-order valence-corrected chi connectivity index (χ2v) is 28.5. The molecule has 7 heteroatoms. The summed E-state index contributed by atoms with van der Waals surface area (Å²) < 4.78 is 14.3. The summed E-state index contributed by atoms with van der Waals surface area (Å²) in [5.41, 5.74) is 29.2. The van der Waals surface area contributed by atoms with Gasteiger partial charge in [0.15, 0.2) is 0 Å². The standard InChI is InChI=1S/C67H43N5.C36H24N2/c1-4-18-44(19-5-1)46-36-40-60-55(42-46)56-43-50(39-41-61(56)69(60)47-20-6-2-7-21-47)71-59-30-14-11-25-54(59)66-52(27-17-33-64(66)71)51-26-16-32-63-65(51)53-24-10-13-29-58(53)70(63)49-37-34-45(35-38-49)67-68-57-28-12-15-31-62(57)72(67)48-22-8-3-9-23-48;1-3-13-25(14-4-1)37-31-21-9-7-17-29(31)35-27(19-11-23-33(35)37)28-20-12-24-34-36(28)30-18-8-10-22-32(30)38(34)26-15-5-2-6-16-26/h1-43H;1-24H. The van der Waals surface area contributed by atoms with Crippen molar-refractivity contribution in [2.24, 2.45) is 0 Å². The van der Waals surface area contributed by atoms with Gasteiger partial charge in [-0.2, -0.15) is 0 Å². The van der Waals surface area contributed by atoms with E-state index < -0.39 is 0 Å². The monoisotopic (exact) mass is 1400 g/mol. The Kier molecular flexibility index (Phi) is 14.5. The van der Waals surface area contributed by atoms with E-state index in [4.69, 9.17) is 4.98 Å². The zero-order valence-electron chi connectivity index (χ0n) is 59.8. The highest BCUT2D eigenvalue weighted by molar-refractivity contribution is 6.24. The van der Waals surface area contributed by atoms with Crippen LogP contribution in [0.3, 0.4) is 0 Å². The third-order valence-corrected chi connectivity index (χ3v) is 22.5. The predicted molar refractivity (Wildman–Crippen MR) is 461 cm³/mol. The second kappa shape index (κ2) is 25.5. The van der Waals surface area contributed by atoms with Gasteiger partial charge in [0, 0.05) is 93.6 Å². The van der Waals surface area contributed by atoms with Crippen molar-refractivity contribution in [3.8, 4) is 78.9 Å². The first-order valence-corrected chi connectivity index (χ1v) is 37.7. The molecule has 23 aromatic rings. The van der Waals surface area contributed by atoms with Crippen molar-refractivity contribution in [3.05, 3.63) is 406 Å². The summed E-state index contributed by atoms with van der Waals surface area (Å²) in [7, 11) is 0. The Morgan fingerprint density at radius 2 is 0.436 bits per heavy atom. The van der Waals surface area contributed by atoms with Gasteiger partial charge in [0.05, 0.1) is 66.2 Å². The maximum Gasteiger partial charge on any atom is 0.145 e. The Bertz CT molecular complexity index is 7390. The normalized spacial score (nSPS) is 11.8. The van der Waals surface area contributed by atoms with Crippen LogP contribution in [0.5, 0.6) is 0 Å². The number of hydrogen-bond donors (Lipinski definition) is 0. The van der Waals surface area contributed by atoms with Crippen LogP contribution in [-0.4, -0.2) is 32.4 Å². The molecule has 0 aliphatic rings. The van der Waals surface area contributed by atoms with Crippen molar-refractivity contribution in [2.45, 2.75) is 0 Å². The highest BCUT2D eigenvalue weighted by Crippen LogP contribution is 2.48. The maximum absolute atomic E-state index is 5.17. The summed E-state index contributed by atoms with van der Waals surface area (Å²) >= 11 is 0. The lowest BCUT2D eigenvalue weighted by atomic mass is 9.95. The molecule has 0 unspecified atom stereocenters. The number of imidazole rings is 1. The van der Waals surface area contributed by atoms with E-state index in [0.717, 1.165) is 56.2 Å². The number of para-hydroxylation sites is 10. The molecule has 0 aliphatic heterocycles. The first-order valence-electron chi connectivity index (χ1n) is 37.7.